The van der Waals surface area contributed by atoms with Crippen molar-refractivity contribution < 1.29 is 14.6 Å². The van der Waals surface area contributed by atoms with E-state index >= 15 is 0 Å². The Hall–Kier alpha value is -2.54. The maximum atomic E-state index is 12.2. The third-order valence-corrected chi connectivity index (χ3v) is 4.26. The van der Waals surface area contributed by atoms with Crippen molar-refractivity contribution in [2.45, 2.75) is 58.8 Å². The maximum absolute atomic E-state index is 12.2. The molecule has 0 spiro atoms. The Balaban J connectivity index is 1.86. The SMILES string of the molecule is CC(C)(O)Cn1c(N)nc2cc(C3=CN(C(=O)OC(C)(C)C)CC3)ccc21. The van der Waals surface area contributed by atoms with E-state index in [2.05, 4.69) is 4.98 Å². The molecule has 0 saturated carbocycles. The minimum atomic E-state index is -0.887. The van der Waals surface area contributed by atoms with Gasteiger partial charge in [-0.05, 0) is 64.3 Å². The van der Waals surface area contributed by atoms with Crippen LogP contribution in [0.25, 0.3) is 16.6 Å². The molecule has 1 aliphatic rings. The van der Waals surface area contributed by atoms with E-state index < -0.39 is 11.2 Å². The highest BCUT2D eigenvalue weighted by atomic mass is 16.6. The van der Waals surface area contributed by atoms with E-state index in [1.807, 2.05) is 49.7 Å². The minimum Gasteiger partial charge on any atom is -0.443 e. The molecule has 0 aliphatic carbocycles. The van der Waals surface area contributed by atoms with E-state index in [9.17, 15) is 9.90 Å². The van der Waals surface area contributed by atoms with E-state index in [1.165, 1.54) is 0 Å². The molecule has 0 atom stereocenters. The van der Waals surface area contributed by atoms with Gasteiger partial charge in [0.2, 0.25) is 5.95 Å². The quantitative estimate of drug-likeness (QED) is 0.861. The number of rotatable bonds is 3. The van der Waals surface area contributed by atoms with Crippen LogP contribution in [0.4, 0.5) is 10.7 Å². The van der Waals surface area contributed by atoms with Gasteiger partial charge in [0.05, 0.1) is 23.2 Å². The summed E-state index contributed by atoms with van der Waals surface area (Å²) in [6.07, 6.45) is 2.26. The predicted octanol–water partition coefficient (Wildman–Crippen LogP) is 3.37. The number of fused-ring (bicyclic) bond motifs is 1. The van der Waals surface area contributed by atoms with Gasteiger partial charge in [-0.2, -0.15) is 0 Å². The average Bonchev–Trinajstić information content (AvgIpc) is 3.10. The first-order valence-corrected chi connectivity index (χ1v) is 9.12. The predicted molar refractivity (Wildman–Crippen MR) is 106 cm³/mol. The summed E-state index contributed by atoms with van der Waals surface area (Å²) in [4.78, 5) is 18.3. The number of hydrogen-bond acceptors (Lipinski definition) is 5. The number of nitrogens with zero attached hydrogens (tertiary/aromatic N) is 3. The Kier molecular flexibility index (Phi) is 4.67. The van der Waals surface area contributed by atoms with Crippen LogP contribution in [0, 0.1) is 0 Å². The first kappa shape index (κ1) is 19.2. The Bertz CT molecular complexity index is 900. The molecule has 1 aromatic carbocycles. The largest absolute Gasteiger partial charge is 0.443 e. The van der Waals surface area contributed by atoms with Crippen molar-refractivity contribution in [2.75, 3.05) is 12.3 Å². The molecule has 146 valence electrons. The molecule has 0 unspecified atom stereocenters. The molecule has 0 fully saturated rings. The van der Waals surface area contributed by atoms with Crippen molar-refractivity contribution in [3.63, 3.8) is 0 Å². The van der Waals surface area contributed by atoms with Crippen LogP contribution >= 0.6 is 0 Å². The van der Waals surface area contributed by atoms with Gasteiger partial charge in [-0.3, -0.25) is 4.90 Å². The number of benzene rings is 1. The van der Waals surface area contributed by atoms with Crippen LogP contribution < -0.4 is 5.73 Å². The standard InChI is InChI=1S/C20H28N4O3/c1-19(2,3)27-18(25)23-9-8-14(11-23)13-6-7-16-15(10-13)22-17(21)24(16)12-20(4,5)26/h6-7,10-11,26H,8-9,12H2,1-5H3,(H2,21,22). The third-order valence-electron chi connectivity index (χ3n) is 4.26. The highest BCUT2D eigenvalue weighted by Crippen LogP contribution is 2.29. The Morgan fingerprint density at radius 1 is 1.30 bits per heavy atom. The van der Waals surface area contributed by atoms with Crippen LogP contribution in [-0.2, 0) is 11.3 Å². The van der Waals surface area contributed by atoms with Crippen LogP contribution in [0.1, 0.15) is 46.6 Å². The average molecular weight is 372 g/mol. The number of amides is 1. The fourth-order valence-electron chi connectivity index (χ4n) is 3.14. The van der Waals surface area contributed by atoms with Gasteiger partial charge in [-0.1, -0.05) is 6.07 Å². The van der Waals surface area contributed by atoms with Crippen molar-refractivity contribution >= 4 is 28.6 Å². The zero-order chi connectivity index (χ0) is 20.0. The highest BCUT2D eigenvalue weighted by molar-refractivity contribution is 5.84. The zero-order valence-corrected chi connectivity index (χ0v) is 16.6. The summed E-state index contributed by atoms with van der Waals surface area (Å²) in [6.45, 7) is 10.00. The summed E-state index contributed by atoms with van der Waals surface area (Å²) in [5.74, 6) is 0.375. The molecule has 1 amide bonds. The molecule has 2 heterocycles. The van der Waals surface area contributed by atoms with Gasteiger partial charge < -0.3 is 20.1 Å². The normalized spacial score (nSPS) is 15.3. The topological polar surface area (TPSA) is 93.6 Å². The molecule has 7 nitrogen and oxygen atoms in total. The van der Waals surface area contributed by atoms with Crippen LogP contribution in [-0.4, -0.2) is 43.4 Å². The van der Waals surface area contributed by atoms with Gasteiger partial charge >= 0.3 is 6.09 Å². The molecule has 0 radical (unpaired) electrons. The molecule has 1 aromatic heterocycles. The Morgan fingerprint density at radius 2 is 2.00 bits per heavy atom. The Labute approximate surface area is 159 Å². The first-order chi connectivity index (χ1) is 12.4. The van der Waals surface area contributed by atoms with E-state index in [1.54, 1.807) is 18.7 Å². The lowest BCUT2D eigenvalue weighted by molar-refractivity contribution is 0.0349. The molecule has 2 aromatic rings. The second-order valence-corrected chi connectivity index (χ2v) is 8.65. The number of aliphatic hydroxyl groups is 1. The molecule has 0 bridgehead atoms. The van der Waals surface area contributed by atoms with Gasteiger partial charge in [-0.25, -0.2) is 9.78 Å². The van der Waals surface area contributed by atoms with E-state index in [-0.39, 0.29) is 6.09 Å². The zero-order valence-electron chi connectivity index (χ0n) is 16.6. The van der Waals surface area contributed by atoms with Crippen molar-refractivity contribution in [3.05, 3.63) is 30.0 Å². The number of carbonyl (C=O) groups excluding carboxylic acids is 1. The lowest BCUT2D eigenvalue weighted by Crippen LogP contribution is -2.32. The lowest BCUT2D eigenvalue weighted by atomic mass is 10.0. The summed E-state index contributed by atoms with van der Waals surface area (Å²) in [5, 5.41) is 10.1. The second-order valence-electron chi connectivity index (χ2n) is 8.65. The number of carbonyl (C=O) groups is 1. The number of imidazole rings is 1. The van der Waals surface area contributed by atoms with Crippen molar-refractivity contribution in [1.82, 2.24) is 14.5 Å². The fraction of sp³-hybridized carbons (Fsp3) is 0.500. The third kappa shape index (κ3) is 4.42. The van der Waals surface area contributed by atoms with Gasteiger partial charge in [0.1, 0.15) is 5.60 Å². The van der Waals surface area contributed by atoms with Gasteiger partial charge in [0.25, 0.3) is 0 Å². The summed E-state index contributed by atoms with van der Waals surface area (Å²) in [5.41, 5.74) is 8.34. The maximum Gasteiger partial charge on any atom is 0.414 e. The number of ether oxygens (including phenoxy) is 1. The number of anilines is 1. The van der Waals surface area contributed by atoms with Crippen LogP contribution in [0.5, 0.6) is 0 Å². The molecule has 27 heavy (non-hydrogen) atoms. The number of nitrogens with two attached hydrogens (primary N) is 1. The molecule has 0 saturated heterocycles. The van der Waals surface area contributed by atoms with Gasteiger partial charge in [0, 0.05) is 12.7 Å². The minimum absolute atomic E-state index is 0.336. The summed E-state index contributed by atoms with van der Waals surface area (Å²) < 4.78 is 7.24. The number of nitrogen functional groups attached to an aromatic ring is 1. The second kappa shape index (κ2) is 6.56. The molecule has 3 rings (SSSR count). The van der Waals surface area contributed by atoms with Gasteiger partial charge in [0.15, 0.2) is 0 Å². The van der Waals surface area contributed by atoms with Gasteiger partial charge in [-0.15, -0.1) is 0 Å². The first-order valence-electron chi connectivity index (χ1n) is 9.12. The molecule has 1 aliphatic heterocycles. The smallest absolute Gasteiger partial charge is 0.414 e. The fourth-order valence-corrected chi connectivity index (χ4v) is 3.14. The van der Waals surface area contributed by atoms with E-state index in [4.69, 9.17) is 10.5 Å². The monoisotopic (exact) mass is 372 g/mol. The molecule has 3 N–H and O–H groups in total. The number of aromatic nitrogens is 2. The number of hydrogen-bond donors (Lipinski definition) is 2. The molecular formula is C20H28N4O3. The molecular weight excluding hydrogens is 344 g/mol. The van der Waals surface area contributed by atoms with Crippen molar-refractivity contribution in [1.29, 1.82) is 0 Å². The van der Waals surface area contributed by atoms with E-state index in [0.717, 1.165) is 28.6 Å². The molecule has 7 heteroatoms. The van der Waals surface area contributed by atoms with Crippen LogP contribution in [0.2, 0.25) is 0 Å². The summed E-state index contributed by atoms with van der Waals surface area (Å²) >= 11 is 0. The van der Waals surface area contributed by atoms with Crippen LogP contribution in [0.3, 0.4) is 0 Å². The summed E-state index contributed by atoms with van der Waals surface area (Å²) in [7, 11) is 0. The summed E-state index contributed by atoms with van der Waals surface area (Å²) in [6, 6.07) is 5.92. The van der Waals surface area contributed by atoms with E-state index in [0.29, 0.717) is 19.0 Å². The lowest BCUT2D eigenvalue weighted by Gasteiger charge is -2.23. The van der Waals surface area contributed by atoms with Crippen molar-refractivity contribution in [2.24, 2.45) is 0 Å². The van der Waals surface area contributed by atoms with Crippen molar-refractivity contribution in [3.8, 4) is 0 Å². The van der Waals surface area contributed by atoms with Crippen LogP contribution in [0.15, 0.2) is 24.4 Å². The Morgan fingerprint density at radius 3 is 2.63 bits per heavy atom. The highest BCUT2D eigenvalue weighted by Gasteiger charge is 2.25.